The van der Waals surface area contributed by atoms with Gasteiger partial charge in [0.25, 0.3) is 0 Å². The molecule has 1 saturated heterocycles. The molecular formula is C26H32F3N7. The number of halogens is 3. The number of hydrogen-bond acceptors (Lipinski definition) is 7. The average molecular weight is 500 g/mol. The van der Waals surface area contributed by atoms with Gasteiger partial charge in [-0.3, -0.25) is 4.90 Å². The van der Waals surface area contributed by atoms with Crippen molar-refractivity contribution in [1.82, 2.24) is 24.7 Å². The smallest absolute Gasteiger partial charge is 0.339 e. The quantitative estimate of drug-likeness (QED) is 0.462. The zero-order chi connectivity index (χ0) is 25.7. The summed E-state index contributed by atoms with van der Waals surface area (Å²) < 4.78 is 41.2. The largest absolute Gasteiger partial charge is 0.421 e. The van der Waals surface area contributed by atoms with Gasteiger partial charge in [-0.1, -0.05) is 30.3 Å². The maximum atomic E-state index is 13.7. The van der Waals surface area contributed by atoms with Crippen molar-refractivity contribution in [2.45, 2.75) is 19.3 Å². The van der Waals surface area contributed by atoms with E-state index in [-0.39, 0.29) is 11.8 Å². The van der Waals surface area contributed by atoms with Crippen LogP contribution in [0.5, 0.6) is 0 Å². The highest BCUT2D eigenvalue weighted by molar-refractivity contribution is 5.65. The Morgan fingerprint density at radius 1 is 0.944 bits per heavy atom. The number of aromatic nitrogens is 2. The lowest BCUT2D eigenvalue weighted by molar-refractivity contribution is -0.137. The summed E-state index contributed by atoms with van der Waals surface area (Å²) in [6, 6.07) is 15.1. The third kappa shape index (κ3) is 6.93. The van der Waals surface area contributed by atoms with Crippen LogP contribution < -0.4 is 10.6 Å². The molecule has 192 valence electrons. The highest BCUT2D eigenvalue weighted by Crippen LogP contribution is 2.36. The Kier molecular flexibility index (Phi) is 8.07. The lowest BCUT2D eigenvalue weighted by Crippen LogP contribution is -2.43. The summed E-state index contributed by atoms with van der Waals surface area (Å²) in [5, 5.41) is 5.92. The van der Waals surface area contributed by atoms with E-state index in [0.29, 0.717) is 17.9 Å². The van der Waals surface area contributed by atoms with Gasteiger partial charge in [0, 0.05) is 56.8 Å². The molecule has 0 bridgehead atoms. The molecule has 1 fully saturated rings. The summed E-state index contributed by atoms with van der Waals surface area (Å²) in [5.74, 6) is -0.208. The summed E-state index contributed by atoms with van der Waals surface area (Å²) >= 11 is 0. The molecule has 1 aliphatic rings. The standard InChI is InChI=1S/C26H32F3N7/c1-34(2)18-20-6-4-5-7-23(20)32-24-22(26(27,28)29)16-30-25(33-24)31-21-10-8-19(9-11-21)17-36-14-12-35(3)13-15-36/h4-11,16H,12-15,17-18H2,1-3H3,(H2,30,31,32,33). The van der Waals surface area contributed by atoms with E-state index in [2.05, 4.69) is 37.4 Å². The van der Waals surface area contributed by atoms with Gasteiger partial charge in [0.2, 0.25) is 5.95 Å². The number of rotatable bonds is 8. The maximum Gasteiger partial charge on any atom is 0.421 e. The van der Waals surface area contributed by atoms with Crippen LogP contribution in [-0.2, 0) is 19.3 Å². The van der Waals surface area contributed by atoms with Gasteiger partial charge in [0.05, 0.1) is 0 Å². The molecule has 1 aliphatic heterocycles. The van der Waals surface area contributed by atoms with E-state index in [1.165, 1.54) is 5.56 Å². The van der Waals surface area contributed by atoms with Crippen LogP contribution in [0.15, 0.2) is 54.7 Å². The van der Waals surface area contributed by atoms with Gasteiger partial charge < -0.3 is 20.4 Å². The van der Waals surface area contributed by atoms with E-state index < -0.39 is 11.7 Å². The number of para-hydroxylation sites is 1. The minimum Gasteiger partial charge on any atom is -0.339 e. The highest BCUT2D eigenvalue weighted by Gasteiger charge is 2.35. The Hall–Kier alpha value is -3.21. The fourth-order valence-corrected chi connectivity index (χ4v) is 4.08. The first kappa shape index (κ1) is 25.9. The van der Waals surface area contributed by atoms with Gasteiger partial charge >= 0.3 is 6.18 Å². The summed E-state index contributed by atoms with van der Waals surface area (Å²) in [5.41, 5.74) is 2.39. The molecular weight excluding hydrogens is 467 g/mol. The molecule has 3 aromatic rings. The van der Waals surface area contributed by atoms with Crippen LogP contribution >= 0.6 is 0 Å². The molecule has 36 heavy (non-hydrogen) atoms. The molecule has 0 unspecified atom stereocenters. The normalized spacial score (nSPS) is 15.3. The summed E-state index contributed by atoms with van der Waals surface area (Å²) in [4.78, 5) is 14.8. The monoisotopic (exact) mass is 499 g/mol. The molecule has 0 radical (unpaired) electrons. The molecule has 0 saturated carbocycles. The SMILES string of the molecule is CN(C)Cc1ccccc1Nc1nc(Nc2ccc(CN3CCN(C)CC3)cc2)ncc1C(F)(F)F. The molecule has 2 N–H and O–H groups in total. The summed E-state index contributed by atoms with van der Waals surface area (Å²) in [6.07, 6.45) is -3.78. The van der Waals surface area contributed by atoms with Gasteiger partial charge in [-0.25, -0.2) is 4.98 Å². The molecule has 7 nitrogen and oxygen atoms in total. The molecule has 1 aromatic heterocycles. The number of nitrogens with zero attached hydrogens (tertiary/aromatic N) is 5. The zero-order valence-corrected chi connectivity index (χ0v) is 20.8. The molecule has 10 heteroatoms. The second-order valence-corrected chi connectivity index (χ2v) is 9.37. The molecule has 2 heterocycles. The van der Waals surface area contributed by atoms with E-state index in [1.807, 2.05) is 55.4 Å². The third-order valence-corrected chi connectivity index (χ3v) is 6.06. The van der Waals surface area contributed by atoms with Crippen molar-refractivity contribution in [2.24, 2.45) is 0 Å². The highest BCUT2D eigenvalue weighted by atomic mass is 19.4. The second kappa shape index (κ2) is 11.2. The molecule has 0 amide bonds. The fourth-order valence-electron chi connectivity index (χ4n) is 4.08. The van der Waals surface area contributed by atoms with Crippen molar-refractivity contribution in [1.29, 1.82) is 0 Å². The van der Waals surface area contributed by atoms with Crippen molar-refractivity contribution >= 4 is 23.1 Å². The number of alkyl halides is 3. The average Bonchev–Trinajstić information content (AvgIpc) is 2.82. The first-order valence-electron chi connectivity index (χ1n) is 11.9. The number of hydrogen-bond donors (Lipinski definition) is 2. The molecule has 0 spiro atoms. The molecule has 2 aromatic carbocycles. The summed E-state index contributed by atoms with van der Waals surface area (Å²) in [7, 11) is 5.94. The van der Waals surface area contributed by atoms with Gasteiger partial charge in [-0.15, -0.1) is 0 Å². The lowest BCUT2D eigenvalue weighted by atomic mass is 10.1. The Bertz CT molecular complexity index is 1140. The lowest BCUT2D eigenvalue weighted by Gasteiger charge is -2.32. The topological polar surface area (TPSA) is 59.6 Å². The van der Waals surface area contributed by atoms with E-state index in [0.717, 1.165) is 44.5 Å². The van der Waals surface area contributed by atoms with Gasteiger partial charge in [0.1, 0.15) is 11.4 Å². The Morgan fingerprint density at radius 3 is 2.31 bits per heavy atom. The first-order chi connectivity index (χ1) is 17.2. The second-order valence-electron chi connectivity index (χ2n) is 9.37. The number of anilines is 4. The summed E-state index contributed by atoms with van der Waals surface area (Å²) in [6.45, 7) is 5.61. The Balaban J connectivity index is 1.51. The predicted molar refractivity (Wildman–Crippen MR) is 137 cm³/mol. The van der Waals surface area contributed by atoms with Crippen LogP contribution in [0.1, 0.15) is 16.7 Å². The van der Waals surface area contributed by atoms with Gasteiger partial charge in [-0.2, -0.15) is 18.2 Å². The fraction of sp³-hybridized carbons (Fsp3) is 0.385. The predicted octanol–water partition coefficient (Wildman–Crippen LogP) is 4.79. The van der Waals surface area contributed by atoms with Crippen LogP contribution in [0.2, 0.25) is 0 Å². The molecule has 4 rings (SSSR count). The zero-order valence-electron chi connectivity index (χ0n) is 20.8. The van der Waals surface area contributed by atoms with Crippen molar-refractivity contribution in [2.75, 3.05) is 58.0 Å². The number of benzene rings is 2. The van der Waals surface area contributed by atoms with Crippen molar-refractivity contribution in [3.8, 4) is 0 Å². The number of likely N-dealkylation sites (N-methyl/N-ethyl adjacent to an activating group) is 1. The van der Waals surface area contributed by atoms with Gasteiger partial charge in [-0.05, 0) is 50.5 Å². The van der Waals surface area contributed by atoms with Gasteiger partial charge in [0.15, 0.2) is 0 Å². The van der Waals surface area contributed by atoms with Crippen molar-refractivity contribution < 1.29 is 13.2 Å². The Morgan fingerprint density at radius 2 is 1.64 bits per heavy atom. The van der Waals surface area contributed by atoms with Crippen LogP contribution in [-0.4, -0.2) is 72.0 Å². The first-order valence-corrected chi connectivity index (χ1v) is 11.9. The minimum absolute atomic E-state index is 0.0856. The number of nitrogens with one attached hydrogen (secondary N) is 2. The van der Waals surface area contributed by atoms with E-state index in [9.17, 15) is 13.2 Å². The van der Waals surface area contributed by atoms with Crippen molar-refractivity contribution in [3.05, 3.63) is 71.4 Å². The third-order valence-electron chi connectivity index (χ3n) is 6.06. The molecule has 0 atom stereocenters. The van der Waals surface area contributed by atoms with Crippen LogP contribution in [0.25, 0.3) is 0 Å². The van der Waals surface area contributed by atoms with Crippen LogP contribution in [0, 0.1) is 0 Å². The minimum atomic E-state index is -4.59. The Labute approximate surface area is 210 Å². The number of piperazine rings is 1. The molecule has 0 aliphatic carbocycles. The van der Waals surface area contributed by atoms with E-state index >= 15 is 0 Å². The van der Waals surface area contributed by atoms with Crippen LogP contribution in [0.3, 0.4) is 0 Å². The van der Waals surface area contributed by atoms with E-state index in [1.54, 1.807) is 12.1 Å². The maximum absolute atomic E-state index is 13.7. The van der Waals surface area contributed by atoms with Crippen molar-refractivity contribution in [3.63, 3.8) is 0 Å². The van der Waals surface area contributed by atoms with Crippen LogP contribution in [0.4, 0.5) is 36.3 Å². The van der Waals surface area contributed by atoms with E-state index in [4.69, 9.17) is 0 Å².